The number of unbranched alkanes of at least 4 members (excludes halogenated alkanes) is 1. The van der Waals surface area contributed by atoms with Gasteiger partial charge in [-0.3, -0.25) is 9.59 Å². The normalized spacial score (nSPS) is 12.2. The first-order valence-corrected chi connectivity index (χ1v) is 4.21. The van der Waals surface area contributed by atoms with Crippen LogP contribution in [0.1, 0.15) is 19.8 Å². The molecule has 5 nitrogen and oxygen atoms in total. The number of aliphatic hydroxyl groups is 1. The van der Waals surface area contributed by atoms with Gasteiger partial charge in [0.2, 0.25) is 5.91 Å². The van der Waals surface area contributed by atoms with E-state index in [1.165, 1.54) is 6.92 Å². The molecule has 1 unspecified atom stereocenters. The zero-order valence-electron chi connectivity index (χ0n) is 7.62. The third-order valence-corrected chi connectivity index (χ3v) is 1.65. The molecule has 13 heavy (non-hydrogen) atoms. The minimum Gasteiger partial charge on any atom is -0.481 e. The van der Waals surface area contributed by atoms with E-state index in [4.69, 9.17) is 10.2 Å². The molecular formula is C8H15NO4. The van der Waals surface area contributed by atoms with Crippen molar-refractivity contribution in [2.75, 3.05) is 13.2 Å². The highest BCUT2D eigenvalue weighted by atomic mass is 16.4. The van der Waals surface area contributed by atoms with Crippen molar-refractivity contribution >= 4 is 11.9 Å². The van der Waals surface area contributed by atoms with Gasteiger partial charge in [0.15, 0.2) is 0 Å². The lowest BCUT2D eigenvalue weighted by Crippen LogP contribution is -2.34. The van der Waals surface area contributed by atoms with Gasteiger partial charge in [0, 0.05) is 13.2 Å². The van der Waals surface area contributed by atoms with E-state index in [2.05, 4.69) is 5.32 Å². The minimum atomic E-state index is -1.13. The van der Waals surface area contributed by atoms with Crippen LogP contribution in [-0.4, -0.2) is 35.2 Å². The molecule has 0 heterocycles. The quantitative estimate of drug-likeness (QED) is 0.392. The first-order chi connectivity index (χ1) is 6.09. The number of carbonyl (C=O) groups excluding carboxylic acids is 1. The summed E-state index contributed by atoms with van der Waals surface area (Å²) in [5.74, 6) is -2.61. The van der Waals surface area contributed by atoms with Crippen molar-refractivity contribution in [1.29, 1.82) is 0 Å². The summed E-state index contributed by atoms with van der Waals surface area (Å²) in [4.78, 5) is 21.3. The topological polar surface area (TPSA) is 86.6 Å². The molecule has 5 heteroatoms. The third kappa shape index (κ3) is 5.19. The molecule has 1 amide bonds. The number of aliphatic carboxylic acids is 1. The lowest BCUT2D eigenvalue weighted by atomic mass is 10.1. The maximum absolute atomic E-state index is 11.0. The number of rotatable bonds is 6. The summed E-state index contributed by atoms with van der Waals surface area (Å²) in [6.07, 6.45) is 1.27. The molecule has 0 aromatic heterocycles. The Balaban J connectivity index is 3.56. The summed E-state index contributed by atoms with van der Waals surface area (Å²) in [6.45, 7) is 1.84. The monoisotopic (exact) mass is 189 g/mol. The van der Waals surface area contributed by atoms with Crippen LogP contribution in [0.3, 0.4) is 0 Å². The second-order valence-electron chi connectivity index (χ2n) is 2.78. The number of hydrogen-bond acceptors (Lipinski definition) is 3. The summed E-state index contributed by atoms with van der Waals surface area (Å²) < 4.78 is 0. The van der Waals surface area contributed by atoms with Gasteiger partial charge in [-0.25, -0.2) is 0 Å². The smallest absolute Gasteiger partial charge is 0.315 e. The van der Waals surface area contributed by atoms with Crippen molar-refractivity contribution in [1.82, 2.24) is 5.32 Å². The zero-order valence-corrected chi connectivity index (χ0v) is 7.62. The van der Waals surface area contributed by atoms with Crippen LogP contribution in [0.5, 0.6) is 0 Å². The second kappa shape index (κ2) is 6.42. The average molecular weight is 189 g/mol. The van der Waals surface area contributed by atoms with E-state index in [1.807, 2.05) is 0 Å². The fourth-order valence-corrected chi connectivity index (χ4v) is 0.714. The minimum absolute atomic E-state index is 0.0877. The molecular weight excluding hydrogens is 174 g/mol. The molecule has 0 rings (SSSR count). The molecule has 0 aliphatic rings. The van der Waals surface area contributed by atoms with Crippen molar-refractivity contribution in [3.05, 3.63) is 0 Å². The molecule has 0 spiro atoms. The Labute approximate surface area is 76.8 Å². The van der Waals surface area contributed by atoms with Gasteiger partial charge in [-0.05, 0) is 19.8 Å². The highest BCUT2D eigenvalue weighted by molar-refractivity contribution is 5.96. The molecule has 0 radical (unpaired) electrons. The number of aliphatic hydroxyl groups excluding tert-OH is 1. The van der Waals surface area contributed by atoms with E-state index in [1.54, 1.807) is 0 Å². The van der Waals surface area contributed by atoms with E-state index in [9.17, 15) is 9.59 Å². The van der Waals surface area contributed by atoms with Crippen LogP contribution in [0.15, 0.2) is 0 Å². The molecule has 0 fully saturated rings. The first kappa shape index (κ1) is 11.9. The van der Waals surface area contributed by atoms with Crippen LogP contribution < -0.4 is 5.32 Å². The van der Waals surface area contributed by atoms with Crippen LogP contribution in [-0.2, 0) is 9.59 Å². The van der Waals surface area contributed by atoms with Crippen LogP contribution in [0, 0.1) is 5.92 Å². The SMILES string of the molecule is CC(C(=O)O)C(=O)NCCCCO. The molecule has 1 atom stereocenters. The number of hydrogen-bond donors (Lipinski definition) is 3. The summed E-state index contributed by atoms with van der Waals surface area (Å²) in [6, 6.07) is 0. The van der Waals surface area contributed by atoms with Crippen molar-refractivity contribution in [2.45, 2.75) is 19.8 Å². The van der Waals surface area contributed by atoms with Crippen LogP contribution in [0.4, 0.5) is 0 Å². The fraction of sp³-hybridized carbons (Fsp3) is 0.750. The van der Waals surface area contributed by atoms with Gasteiger partial charge in [-0.1, -0.05) is 0 Å². The summed E-state index contributed by atoms with van der Waals surface area (Å²) >= 11 is 0. The van der Waals surface area contributed by atoms with E-state index in [0.29, 0.717) is 19.4 Å². The Morgan fingerprint density at radius 2 is 2.00 bits per heavy atom. The van der Waals surface area contributed by atoms with Crippen molar-refractivity contribution in [3.8, 4) is 0 Å². The molecule has 76 valence electrons. The van der Waals surface area contributed by atoms with E-state index in [0.717, 1.165) is 0 Å². The Hall–Kier alpha value is -1.10. The van der Waals surface area contributed by atoms with Crippen molar-refractivity contribution in [3.63, 3.8) is 0 Å². The van der Waals surface area contributed by atoms with Gasteiger partial charge >= 0.3 is 5.97 Å². The number of carboxylic acids is 1. The molecule has 0 saturated heterocycles. The largest absolute Gasteiger partial charge is 0.481 e. The van der Waals surface area contributed by atoms with Crippen LogP contribution in [0.25, 0.3) is 0 Å². The number of nitrogens with one attached hydrogen (secondary N) is 1. The lowest BCUT2D eigenvalue weighted by Gasteiger charge is -2.07. The van der Waals surface area contributed by atoms with E-state index < -0.39 is 17.8 Å². The number of carboxylic acid groups (broad SMARTS) is 1. The Bertz CT molecular complexity index is 181. The van der Waals surface area contributed by atoms with Gasteiger partial charge in [0.25, 0.3) is 0 Å². The number of amides is 1. The predicted molar refractivity (Wildman–Crippen MR) is 46.1 cm³/mol. The van der Waals surface area contributed by atoms with Gasteiger partial charge in [0.1, 0.15) is 5.92 Å². The maximum atomic E-state index is 11.0. The predicted octanol–water partition coefficient (Wildman–Crippen LogP) is -0.404. The summed E-state index contributed by atoms with van der Waals surface area (Å²) in [5.41, 5.74) is 0. The maximum Gasteiger partial charge on any atom is 0.315 e. The molecule has 0 aromatic rings. The molecule has 3 N–H and O–H groups in total. The molecule has 0 aliphatic heterocycles. The van der Waals surface area contributed by atoms with Gasteiger partial charge in [0.05, 0.1) is 0 Å². The number of carbonyl (C=O) groups is 2. The van der Waals surface area contributed by atoms with Crippen molar-refractivity contribution < 1.29 is 19.8 Å². The van der Waals surface area contributed by atoms with Crippen LogP contribution in [0.2, 0.25) is 0 Å². The fourth-order valence-electron chi connectivity index (χ4n) is 0.714. The Morgan fingerprint density at radius 3 is 2.46 bits per heavy atom. The van der Waals surface area contributed by atoms with Gasteiger partial charge in [-0.15, -0.1) is 0 Å². The Kier molecular flexibility index (Phi) is 5.88. The highest BCUT2D eigenvalue weighted by Gasteiger charge is 2.19. The van der Waals surface area contributed by atoms with Crippen LogP contribution >= 0.6 is 0 Å². The highest BCUT2D eigenvalue weighted by Crippen LogP contribution is 1.94. The van der Waals surface area contributed by atoms with Crippen molar-refractivity contribution in [2.24, 2.45) is 5.92 Å². The second-order valence-corrected chi connectivity index (χ2v) is 2.78. The molecule has 0 bridgehead atoms. The molecule has 0 aliphatic carbocycles. The molecule has 0 saturated carbocycles. The summed E-state index contributed by atoms with van der Waals surface area (Å²) in [7, 11) is 0. The Morgan fingerprint density at radius 1 is 1.38 bits per heavy atom. The summed E-state index contributed by atoms with van der Waals surface area (Å²) in [5, 5.41) is 19.3. The molecule has 0 aromatic carbocycles. The van der Waals surface area contributed by atoms with E-state index >= 15 is 0 Å². The average Bonchev–Trinajstić information content (AvgIpc) is 2.10. The third-order valence-electron chi connectivity index (χ3n) is 1.65. The van der Waals surface area contributed by atoms with E-state index in [-0.39, 0.29) is 6.61 Å². The standard InChI is InChI=1S/C8H15NO4/c1-6(8(12)13)7(11)9-4-2-3-5-10/h6,10H,2-5H2,1H3,(H,9,11)(H,12,13). The first-order valence-electron chi connectivity index (χ1n) is 4.21. The lowest BCUT2D eigenvalue weighted by molar-refractivity contribution is -0.146. The zero-order chi connectivity index (χ0) is 10.3. The van der Waals surface area contributed by atoms with Gasteiger partial charge in [-0.2, -0.15) is 0 Å². The van der Waals surface area contributed by atoms with Gasteiger partial charge < -0.3 is 15.5 Å².